The van der Waals surface area contributed by atoms with Crippen molar-refractivity contribution < 1.29 is 0 Å². The lowest BCUT2D eigenvalue weighted by atomic mass is 10.1. The van der Waals surface area contributed by atoms with Crippen LogP contribution in [0.15, 0.2) is 48.9 Å². The first-order chi connectivity index (χ1) is 11.3. The first-order valence-corrected chi connectivity index (χ1v) is 8.20. The summed E-state index contributed by atoms with van der Waals surface area (Å²) < 4.78 is 3.75. The van der Waals surface area contributed by atoms with Crippen molar-refractivity contribution in [3.63, 3.8) is 0 Å². The average molecular weight is 324 g/mol. The highest BCUT2D eigenvalue weighted by Gasteiger charge is 2.07. The maximum Gasteiger partial charge on any atom is 0.214 e. The van der Waals surface area contributed by atoms with E-state index in [-0.39, 0.29) is 0 Å². The molecule has 4 rings (SSSR count). The van der Waals surface area contributed by atoms with Crippen molar-refractivity contribution in [3.8, 4) is 0 Å². The molecule has 6 nitrogen and oxygen atoms in total. The number of fused-ring (bicyclic) bond motifs is 1. The van der Waals surface area contributed by atoms with Crippen LogP contribution >= 0.6 is 11.3 Å². The second-order valence-corrected chi connectivity index (χ2v) is 6.30. The standard InChI is InChI=1S/C16H16N6S/c1-12-10-22-16(19-12)23-15(20-22)17-9-13-5-2-3-6-14(13)11-21-8-4-7-18-21/h2-8,10H,9,11H2,1H3,(H,17,20). The van der Waals surface area contributed by atoms with Gasteiger partial charge < -0.3 is 5.32 Å². The number of benzene rings is 1. The zero-order valence-electron chi connectivity index (χ0n) is 12.7. The molecule has 116 valence electrons. The molecule has 3 aromatic heterocycles. The Kier molecular flexibility index (Phi) is 3.55. The van der Waals surface area contributed by atoms with Crippen LogP contribution in [0.3, 0.4) is 0 Å². The van der Waals surface area contributed by atoms with Crippen LogP contribution in [0.25, 0.3) is 4.96 Å². The highest BCUT2D eigenvalue weighted by atomic mass is 32.1. The molecule has 7 heteroatoms. The summed E-state index contributed by atoms with van der Waals surface area (Å²) in [6.07, 6.45) is 5.71. The zero-order chi connectivity index (χ0) is 15.6. The summed E-state index contributed by atoms with van der Waals surface area (Å²) in [5, 5.41) is 13.0. The average Bonchev–Trinajstić information content (AvgIpc) is 3.23. The first kappa shape index (κ1) is 14.0. The van der Waals surface area contributed by atoms with Gasteiger partial charge in [-0.05, 0) is 24.1 Å². The fourth-order valence-corrected chi connectivity index (χ4v) is 3.33. The van der Waals surface area contributed by atoms with Crippen molar-refractivity contribution in [2.24, 2.45) is 0 Å². The fraction of sp³-hybridized carbons (Fsp3) is 0.188. The van der Waals surface area contributed by atoms with E-state index in [1.807, 2.05) is 34.6 Å². The van der Waals surface area contributed by atoms with E-state index >= 15 is 0 Å². The summed E-state index contributed by atoms with van der Waals surface area (Å²) in [6.45, 7) is 3.47. The number of rotatable bonds is 5. The summed E-state index contributed by atoms with van der Waals surface area (Å²) >= 11 is 1.56. The molecule has 0 atom stereocenters. The molecule has 1 aromatic carbocycles. The van der Waals surface area contributed by atoms with Gasteiger partial charge in [0.05, 0.1) is 18.4 Å². The lowest BCUT2D eigenvalue weighted by molar-refractivity contribution is 0.682. The Morgan fingerprint density at radius 3 is 2.83 bits per heavy atom. The fourth-order valence-electron chi connectivity index (χ4n) is 2.50. The third-order valence-electron chi connectivity index (χ3n) is 3.60. The maximum atomic E-state index is 4.50. The Labute approximate surface area is 137 Å². The van der Waals surface area contributed by atoms with Crippen LogP contribution in [-0.4, -0.2) is 24.4 Å². The molecule has 0 bridgehead atoms. The molecule has 0 saturated heterocycles. The second kappa shape index (κ2) is 5.85. The quantitative estimate of drug-likeness (QED) is 0.613. The van der Waals surface area contributed by atoms with Gasteiger partial charge in [-0.3, -0.25) is 4.68 Å². The van der Waals surface area contributed by atoms with Crippen LogP contribution < -0.4 is 5.32 Å². The predicted molar refractivity (Wildman–Crippen MR) is 90.7 cm³/mol. The summed E-state index contributed by atoms with van der Waals surface area (Å²) in [4.78, 5) is 5.34. The number of aromatic nitrogens is 5. The Morgan fingerprint density at radius 1 is 1.17 bits per heavy atom. The Balaban J connectivity index is 1.50. The molecule has 4 aromatic rings. The van der Waals surface area contributed by atoms with Gasteiger partial charge in [-0.2, -0.15) is 5.10 Å². The number of nitrogens with zero attached hydrogens (tertiary/aromatic N) is 5. The third-order valence-corrected chi connectivity index (χ3v) is 4.48. The normalized spacial score (nSPS) is 11.2. The van der Waals surface area contributed by atoms with Crippen LogP contribution in [0.2, 0.25) is 0 Å². The number of hydrogen-bond acceptors (Lipinski definition) is 5. The number of aryl methyl sites for hydroxylation is 1. The molecule has 0 fully saturated rings. The third kappa shape index (κ3) is 2.95. The summed E-state index contributed by atoms with van der Waals surface area (Å²) in [6, 6.07) is 10.3. The minimum atomic E-state index is 0.729. The van der Waals surface area contributed by atoms with Gasteiger partial charge >= 0.3 is 0 Å². The molecule has 3 heterocycles. The predicted octanol–water partition coefficient (Wildman–Crippen LogP) is 2.96. The van der Waals surface area contributed by atoms with Crippen molar-refractivity contribution in [3.05, 3.63) is 65.7 Å². The second-order valence-electron chi connectivity index (χ2n) is 5.34. The first-order valence-electron chi connectivity index (χ1n) is 7.39. The zero-order valence-corrected chi connectivity index (χ0v) is 13.5. The van der Waals surface area contributed by atoms with Crippen LogP contribution in [0, 0.1) is 6.92 Å². The Hall–Kier alpha value is -2.67. The molecule has 0 saturated carbocycles. The lowest BCUT2D eigenvalue weighted by Crippen LogP contribution is -2.07. The van der Waals surface area contributed by atoms with Gasteiger partial charge in [-0.1, -0.05) is 35.6 Å². The minimum absolute atomic E-state index is 0.729. The van der Waals surface area contributed by atoms with E-state index in [1.165, 1.54) is 11.1 Å². The molecule has 0 aliphatic rings. The SMILES string of the molecule is Cc1cn2nc(NCc3ccccc3Cn3cccn3)sc2n1. The van der Waals surface area contributed by atoms with Crippen LogP contribution in [-0.2, 0) is 13.1 Å². The molecule has 23 heavy (non-hydrogen) atoms. The maximum absolute atomic E-state index is 4.50. The van der Waals surface area contributed by atoms with E-state index in [1.54, 1.807) is 17.5 Å². The molecule has 0 unspecified atom stereocenters. The molecular weight excluding hydrogens is 308 g/mol. The van der Waals surface area contributed by atoms with Crippen LogP contribution in [0.4, 0.5) is 5.13 Å². The van der Waals surface area contributed by atoms with Gasteiger partial charge in [0.1, 0.15) is 0 Å². The minimum Gasteiger partial charge on any atom is -0.356 e. The number of hydrogen-bond donors (Lipinski definition) is 1. The van der Waals surface area contributed by atoms with Crippen molar-refractivity contribution in [1.82, 2.24) is 24.4 Å². The molecule has 0 aliphatic carbocycles. The number of nitrogens with one attached hydrogen (secondary N) is 1. The van der Waals surface area contributed by atoms with Crippen LogP contribution in [0.5, 0.6) is 0 Å². The van der Waals surface area contributed by atoms with Crippen molar-refractivity contribution in [2.75, 3.05) is 5.32 Å². The summed E-state index contributed by atoms with van der Waals surface area (Å²) in [5.74, 6) is 0. The summed E-state index contributed by atoms with van der Waals surface area (Å²) in [7, 11) is 0. The van der Waals surface area contributed by atoms with Gasteiger partial charge in [-0.25, -0.2) is 9.50 Å². The molecule has 0 radical (unpaired) electrons. The molecule has 0 aliphatic heterocycles. The lowest BCUT2D eigenvalue weighted by Gasteiger charge is -2.10. The Bertz CT molecular complexity index is 890. The van der Waals surface area contributed by atoms with Gasteiger partial charge in [0.25, 0.3) is 0 Å². The van der Waals surface area contributed by atoms with Gasteiger partial charge in [0.2, 0.25) is 10.1 Å². The molecule has 0 amide bonds. The van der Waals surface area contributed by atoms with E-state index in [0.717, 1.165) is 28.9 Å². The van der Waals surface area contributed by atoms with Gasteiger partial charge in [0.15, 0.2) is 0 Å². The van der Waals surface area contributed by atoms with Crippen molar-refractivity contribution in [1.29, 1.82) is 0 Å². The largest absolute Gasteiger partial charge is 0.356 e. The highest BCUT2D eigenvalue weighted by molar-refractivity contribution is 7.20. The molecule has 0 spiro atoms. The van der Waals surface area contributed by atoms with E-state index < -0.39 is 0 Å². The Morgan fingerprint density at radius 2 is 2.04 bits per heavy atom. The van der Waals surface area contributed by atoms with E-state index in [9.17, 15) is 0 Å². The molecule has 1 N–H and O–H groups in total. The van der Waals surface area contributed by atoms with Gasteiger partial charge in [0, 0.05) is 18.9 Å². The van der Waals surface area contributed by atoms with Gasteiger partial charge in [-0.15, -0.1) is 5.10 Å². The monoisotopic (exact) mass is 324 g/mol. The van der Waals surface area contributed by atoms with Crippen molar-refractivity contribution >= 4 is 21.4 Å². The van der Waals surface area contributed by atoms with Crippen molar-refractivity contribution in [2.45, 2.75) is 20.0 Å². The number of anilines is 1. The van der Waals surface area contributed by atoms with E-state index in [0.29, 0.717) is 0 Å². The smallest absolute Gasteiger partial charge is 0.214 e. The van der Waals surface area contributed by atoms with Crippen LogP contribution in [0.1, 0.15) is 16.8 Å². The highest BCUT2D eigenvalue weighted by Crippen LogP contribution is 2.20. The van der Waals surface area contributed by atoms with E-state index in [2.05, 4.69) is 44.8 Å². The molecular formula is C16H16N6S. The summed E-state index contributed by atoms with van der Waals surface area (Å²) in [5.41, 5.74) is 3.48. The number of imidazole rings is 1. The van der Waals surface area contributed by atoms with E-state index in [4.69, 9.17) is 0 Å². The topological polar surface area (TPSA) is 60.0 Å².